The molecular formula is C13H28N2. The molecule has 1 saturated heterocycles. The van der Waals surface area contributed by atoms with Crippen LogP contribution in [-0.4, -0.2) is 37.1 Å². The summed E-state index contributed by atoms with van der Waals surface area (Å²) in [5.74, 6) is 0. The molecule has 1 heterocycles. The third-order valence-corrected chi connectivity index (χ3v) is 3.34. The molecule has 0 radical (unpaired) electrons. The zero-order valence-electron chi connectivity index (χ0n) is 11.0. The Bertz CT molecular complexity index is 164. The molecule has 2 nitrogen and oxygen atoms in total. The Hall–Kier alpha value is -0.0800. The predicted molar refractivity (Wildman–Crippen MR) is 67.2 cm³/mol. The Morgan fingerprint density at radius 3 is 2.27 bits per heavy atom. The van der Waals surface area contributed by atoms with E-state index < -0.39 is 0 Å². The van der Waals surface area contributed by atoms with E-state index in [4.69, 9.17) is 0 Å². The minimum atomic E-state index is 0.469. The molecule has 0 atom stereocenters. The minimum absolute atomic E-state index is 0.469. The van der Waals surface area contributed by atoms with Gasteiger partial charge >= 0.3 is 0 Å². The number of nitrogens with zero attached hydrogens (tertiary/aromatic N) is 1. The molecule has 0 saturated carbocycles. The van der Waals surface area contributed by atoms with Crippen LogP contribution in [0.4, 0.5) is 0 Å². The van der Waals surface area contributed by atoms with Crippen LogP contribution < -0.4 is 5.32 Å². The van der Waals surface area contributed by atoms with E-state index in [1.54, 1.807) is 0 Å². The monoisotopic (exact) mass is 212 g/mol. The summed E-state index contributed by atoms with van der Waals surface area (Å²) < 4.78 is 0. The lowest BCUT2D eigenvalue weighted by Crippen LogP contribution is -2.43. The molecule has 1 rings (SSSR count). The van der Waals surface area contributed by atoms with E-state index in [1.165, 1.54) is 45.4 Å². The lowest BCUT2D eigenvalue weighted by molar-refractivity contribution is 0.203. The summed E-state index contributed by atoms with van der Waals surface area (Å²) in [6, 6.07) is 0.773. The fourth-order valence-electron chi connectivity index (χ4n) is 2.10. The molecule has 0 bridgehead atoms. The van der Waals surface area contributed by atoms with E-state index in [9.17, 15) is 0 Å². The fraction of sp³-hybridized carbons (Fsp3) is 1.00. The third-order valence-electron chi connectivity index (χ3n) is 3.34. The quantitative estimate of drug-likeness (QED) is 0.770. The highest BCUT2D eigenvalue weighted by Crippen LogP contribution is 2.18. The maximum atomic E-state index is 3.70. The lowest BCUT2D eigenvalue weighted by Gasteiger charge is -2.32. The van der Waals surface area contributed by atoms with Crippen LogP contribution in [0.3, 0.4) is 0 Å². The largest absolute Gasteiger partial charge is 0.314 e. The summed E-state index contributed by atoms with van der Waals surface area (Å²) >= 11 is 0. The smallest absolute Gasteiger partial charge is 0.00914 e. The van der Waals surface area contributed by atoms with Crippen LogP contribution in [0.5, 0.6) is 0 Å². The highest BCUT2D eigenvalue weighted by molar-refractivity contribution is 4.77. The van der Waals surface area contributed by atoms with Crippen molar-refractivity contribution in [2.24, 2.45) is 5.41 Å². The van der Waals surface area contributed by atoms with Gasteiger partial charge in [-0.15, -0.1) is 0 Å². The molecule has 0 aromatic heterocycles. The van der Waals surface area contributed by atoms with Gasteiger partial charge < -0.3 is 10.2 Å². The average molecular weight is 212 g/mol. The zero-order chi connectivity index (χ0) is 11.3. The molecule has 0 unspecified atom stereocenters. The van der Waals surface area contributed by atoms with E-state index in [0.717, 1.165) is 6.04 Å². The topological polar surface area (TPSA) is 15.3 Å². The molecule has 1 aliphatic heterocycles. The first-order valence-corrected chi connectivity index (χ1v) is 6.47. The highest BCUT2D eigenvalue weighted by atomic mass is 15.1. The van der Waals surface area contributed by atoms with Crippen molar-refractivity contribution in [3.05, 3.63) is 0 Å². The number of hydrogen-bond acceptors (Lipinski definition) is 2. The summed E-state index contributed by atoms with van der Waals surface area (Å²) in [4.78, 5) is 2.54. The maximum Gasteiger partial charge on any atom is 0.00914 e. The average Bonchev–Trinajstić information content (AvgIpc) is 2.17. The molecule has 0 aliphatic carbocycles. The van der Waals surface area contributed by atoms with Crippen LogP contribution in [0.2, 0.25) is 0 Å². The van der Waals surface area contributed by atoms with Crippen molar-refractivity contribution in [2.75, 3.05) is 26.2 Å². The van der Waals surface area contributed by atoms with Gasteiger partial charge in [0.25, 0.3) is 0 Å². The van der Waals surface area contributed by atoms with Crippen molar-refractivity contribution in [2.45, 2.75) is 53.0 Å². The van der Waals surface area contributed by atoms with Gasteiger partial charge in [0.05, 0.1) is 0 Å². The Kier molecular flexibility index (Phi) is 5.07. The first-order valence-electron chi connectivity index (χ1n) is 6.47. The fourth-order valence-corrected chi connectivity index (χ4v) is 2.10. The summed E-state index contributed by atoms with van der Waals surface area (Å²) in [7, 11) is 0. The van der Waals surface area contributed by atoms with Gasteiger partial charge in [-0.3, -0.25) is 0 Å². The number of nitrogens with one attached hydrogen (secondary N) is 1. The van der Waals surface area contributed by atoms with Gasteiger partial charge in [-0.05, 0) is 50.9 Å². The van der Waals surface area contributed by atoms with Crippen LogP contribution >= 0.6 is 0 Å². The van der Waals surface area contributed by atoms with Crippen LogP contribution in [-0.2, 0) is 0 Å². The van der Waals surface area contributed by atoms with E-state index in [-0.39, 0.29) is 0 Å². The molecule has 0 amide bonds. The highest BCUT2D eigenvalue weighted by Gasteiger charge is 2.18. The van der Waals surface area contributed by atoms with E-state index in [1.807, 2.05) is 0 Å². The maximum absolute atomic E-state index is 3.70. The Morgan fingerprint density at radius 2 is 1.80 bits per heavy atom. The van der Waals surface area contributed by atoms with Crippen molar-refractivity contribution in [3.63, 3.8) is 0 Å². The summed E-state index contributed by atoms with van der Waals surface area (Å²) in [5, 5.41) is 3.70. The first-order chi connectivity index (χ1) is 7.01. The Labute approximate surface area is 95.4 Å². The SMILES string of the molecule is CCN1CCC(NCCC(C)(C)C)CC1. The van der Waals surface area contributed by atoms with Crippen LogP contribution in [0.1, 0.15) is 47.0 Å². The second-order valence-electron chi connectivity index (χ2n) is 5.97. The standard InChI is InChI=1S/C13H28N2/c1-5-15-10-6-12(7-11-15)14-9-8-13(2,3)4/h12,14H,5-11H2,1-4H3. The molecule has 2 heteroatoms. The lowest BCUT2D eigenvalue weighted by atomic mass is 9.92. The molecule has 15 heavy (non-hydrogen) atoms. The second kappa shape index (κ2) is 5.86. The third kappa shape index (κ3) is 5.53. The number of likely N-dealkylation sites (tertiary alicyclic amines) is 1. The first kappa shape index (κ1) is 13.0. The van der Waals surface area contributed by atoms with Crippen LogP contribution in [0.15, 0.2) is 0 Å². The van der Waals surface area contributed by atoms with Gasteiger partial charge in [0.15, 0.2) is 0 Å². The van der Waals surface area contributed by atoms with E-state index in [0.29, 0.717) is 5.41 Å². The van der Waals surface area contributed by atoms with Crippen molar-refractivity contribution >= 4 is 0 Å². The van der Waals surface area contributed by atoms with Gasteiger partial charge in [0.2, 0.25) is 0 Å². The summed E-state index contributed by atoms with van der Waals surface area (Å²) in [6.45, 7) is 14.2. The van der Waals surface area contributed by atoms with Crippen molar-refractivity contribution in [1.29, 1.82) is 0 Å². The molecule has 1 fully saturated rings. The zero-order valence-corrected chi connectivity index (χ0v) is 11.0. The predicted octanol–water partition coefficient (Wildman–Crippen LogP) is 2.50. The molecule has 1 aliphatic rings. The Balaban J connectivity index is 2.09. The van der Waals surface area contributed by atoms with Gasteiger partial charge in [-0.2, -0.15) is 0 Å². The molecule has 90 valence electrons. The second-order valence-corrected chi connectivity index (χ2v) is 5.97. The molecule has 0 aromatic rings. The summed E-state index contributed by atoms with van der Waals surface area (Å²) in [5.41, 5.74) is 0.469. The minimum Gasteiger partial charge on any atom is -0.314 e. The van der Waals surface area contributed by atoms with Crippen molar-refractivity contribution < 1.29 is 0 Å². The molecular weight excluding hydrogens is 184 g/mol. The number of hydrogen-bond donors (Lipinski definition) is 1. The van der Waals surface area contributed by atoms with Crippen molar-refractivity contribution in [1.82, 2.24) is 10.2 Å². The van der Waals surface area contributed by atoms with Crippen LogP contribution in [0, 0.1) is 5.41 Å². The van der Waals surface area contributed by atoms with Gasteiger partial charge in [-0.25, -0.2) is 0 Å². The molecule has 1 N–H and O–H groups in total. The summed E-state index contributed by atoms with van der Waals surface area (Å²) in [6.07, 6.45) is 3.94. The number of piperidine rings is 1. The van der Waals surface area contributed by atoms with Crippen LogP contribution in [0.25, 0.3) is 0 Å². The normalized spacial score (nSPS) is 20.8. The van der Waals surface area contributed by atoms with Gasteiger partial charge in [-0.1, -0.05) is 27.7 Å². The molecule has 0 spiro atoms. The molecule has 0 aromatic carbocycles. The van der Waals surface area contributed by atoms with Gasteiger partial charge in [0, 0.05) is 6.04 Å². The van der Waals surface area contributed by atoms with Gasteiger partial charge in [0.1, 0.15) is 0 Å². The van der Waals surface area contributed by atoms with E-state index >= 15 is 0 Å². The Morgan fingerprint density at radius 1 is 1.20 bits per heavy atom. The van der Waals surface area contributed by atoms with E-state index in [2.05, 4.69) is 37.9 Å². The van der Waals surface area contributed by atoms with Crippen molar-refractivity contribution in [3.8, 4) is 0 Å². The number of rotatable bonds is 4.